The number of rotatable bonds is 3. The van der Waals surface area contributed by atoms with Crippen LogP contribution in [-0.2, 0) is 12.8 Å². The van der Waals surface area contributed by atoms with Gasteiger partial charge in [0.2, 0.25) is 0 Å². The first kappa shape index (κ1) is 21.9. The van der Waals surface area contributed by atoms with Crippen molar-refractivity contribution in [2.24, 2.45) is 0 Å². The van der Waals surface area contributed by atoms with Gasteiger partial charge in [-0.1, -0.05) is 48.5 Å². The number of hydrogen-bond acceptors (Lipinski definition) is 4. The Balaban J connectivity index is 1.83. The lowest BCUT2D eigenvalue weighted by atomic mass is 9.94. The van der Waals surface area contributed by atoms with Gasteiger partial charge in [0, 0.05) is 17.8 Å². The van der Waals surface area contributed by atoms with Crippen LogP contribution < -0.4 is 10.4 Å². The number of pyridine rings is 1. The van der Waals surface area contributed by atoms with E-state index < -0.39 is 11.4 Å². The van der Waals surface area contributed by atoms with Gasteiger partial charge >= 0.3 is 5.97 Å². The van der Waals surface area contributed by atoms with Crippen LogP contribution in [0.15, 0.2) is 59.5 Å². The van der Waals surface area contributed by atoms with Gasteiger partial charge in [-0.25, -0.2) is 4.79 Å². The third kappa shape index (κ3) is 3.31. The van der Waals surface area contributed by atoms with E-state index in [4.69, 9.17) is 0 Å². The SMILES string of the molecule is Cc1c2n(cc(C(=O)O)c1=O)N(C1c3ccccc3CCc3ccccc31)CN(C(C)C)C2=O. The molecule has 0 spiro atoms. The van der Waals surface area contributed by atoms with Crippen molar-refractivity contribution in [1.29, 1.82) is 0 Å². The second-order valence-electron chi connectivity index (χ2n) is 9.24. The molecular formula is C27H27N3O4. The number of nitrogens with zero attached hydrogens (tertiary/aromatic N) is 3. The molecule has 0 bridgehead atoms. The maximum Gasteiger partial charge on any atom is 0.341 e. The topological polar surface area (TPSA) is 82.8 Å². The minimum absolute atomic E-state index is 0.103. The summed E-state index contributed by atoms with van der Waals surface area (Å²) in [6.45, 7) is 5.69. The third-order valence-corrected chi connectivity index (χ3v) is 6.97. The summed E-state index contributed by atoms with van der Waals surface area (Å²) >= 11 is 0. The summed E-state index contributed by atoms with van der Waals surface area (Å²) in [6, 6.07) is 16.2. The number of aromatic nitrogens is 1. The fourth-order valence-corrected chi connectivity index (χ4v) is 5.18. The highest BCUT2D eigenvalue weighted by molar-refractivity contribution is 5.96. The van der Waals surface area contributed by atoms with Gasteiger partial charge in [-0.15, -0.1) is 0 Å². The van der Waals surface area contributed by atoms with Gasteiger partial charge in [0.1, 0.15) is 17.9 Å². The normalized spacial score (nSPS) is 15.6. The van der Waals surface area contributed by atoms with Gasteiger partial charge in [0.15, 0.2) is 5.43 Å². The van der Waals surface area contributed by atoms with Gasteiger partial charge in [0.05, 0.1) is 6.04 Å². The van der Waals surface area contributed by atoms with Crippen molar-refractivity contribution in [3.63, 3.8) is 0 Å². The van der Waals surface area contributed by atoms with E-state index in [-0.39, 0.29) is 41.5 Å². The minimum Gasteiger partial charge on any atom is -0.477 e. The van der Waals surface area contributed by atoms with Gasteiger partial charge in [-0.2, -0.15) is 0 Å². The molecule has 0 radical (unpaired) electrons. The molecule has 1 aromatic heterocycles. The van der Waals surface area contributed by atoms with Crippen LogP contribution in [0.4, 0.5) is 0 Å². The summed E-state index contributed by atoms with van der Waals surface area (Å²) in [4.78, 5) is 40.0. The second-order valence-corrected chi connectivity index (χ2v) is 9.24. The zero-order chi connectivity index (χ0) is 24.1. The highest BCUT2D eigenvalue weighted by Gasteiger charge is 2.39. The van der Waals surface area contributed by atoms with Crippen molar-refractivity contribution in [2.75, 3.05) is 11.7 Å². The molecule has 3 aromatic rings. The van der Waals surface area contributed by atoms with Gasteiger partial charge < -0.3 is 10.0 Å². The summed E-state index contributed by atoms with van der Waals surface area (Å²) in [5.41, 5.74) is 4.06. The molecule has 174 valence electrons. The van der Waals surface area contributed by atoms with Crippen molar-refractivity contribution in [2.45, 2.75) is 45.7 Å². The molecule has 7 heteroatoms. The van der Waals surface area contributed by atoms with E-state index in [1.54, 1.807) is 9.58 Å². The molecule has 2 aromatic carbocycles. The standard InChI is InChI=1S/C27H27N3O4/c1-16(2)28-15-30(29-14-22(27(33)34)25(31)17(3)23(29)26(28)32)24-20-10-6-4-8-18(20)12-13-19-9-5-7-11-21(19)24/h4-11,14,16,24H,12-13,15H2,1-3H3,(H,33,34). The Morgan fingerprint density at radius 2 is 1.53 bits per heavy atom. The Kier molecular flexibility index (Phi) is 5.27. The van der Waals surface area contributed by atoms with Crippen molar-refractivity contribution >= 4 is 11.9 Å². The molecule has 0 unspecified atom stereocenters. The van der Waals surface area contributed by atoms with E-state index in [2.05, 4.69) is 24.3 Å². The molecule has 1 amide bonds. The van der Waals surface area contributed by atoms with E-state index in [9.17, 15) is 19.5 Å². The van der Waals surface area contributed by atoms with E-state index in [0.717, 1.165) is 24.0 Å². The number of carbonyl (C=O) groups excluding carboxylic acids is 1. The predicted octanol–water partition coefficient (Wildman–Crippen LogP) is 3.50. The molecule has 1 aliphatic carbocycles. The Labute approximate surface area is 197 Å². The van der Waals surface area contributed by atoms with Crippen LogP contribution in [0.2, 0.25) is 0 Å². The average molecular weight is 458 g/mol. The van der Waals surface area contributed by atoms with Gasteiger partial charge in [-0.3, -0.25) is 19.3 Å². The van der Waals surface area contributed by atoms with E-state index >= 15 is 0 Å². The molecule has 5 rings (SSSR count). The first-order valence-corrected chi connectivity index (χ1v) is 11.5. The fourth-order valence-electron chi connectivity index (χ4n) is 5.18. The number of benzene rings is 2. The zero-order valence-corrected chi connectivity index (χ0v) is 19.5. The van der Waals surface area contributed by atoms with Crippen LogP contribution in [0.25, 0.3) is 0 Å². The average Bonchev–Trinajstić information content (AvgIpc) is 2.98. The molecule has 34 heavy (non-hydrogen) atoms. The number of hydrogen-bond donors (Lipinski definition) is 1. The number of carboxylic acid groups (broad SMARTS) is 1. The Bertz CT molecular complexity index is 1330. The smallest absolute Gasteiger partial charge is 0.341 e. The van der Waals surface area contributed by atoms with Crippen molar-refractivity contribution in [3.05, 3.63) is 104 Å². The lowest BCUT2D eigenvalue weighted by molar-refractivity contribution is 0.0617. The fraction of sp³-hybridized carbons (Fsp3) is 0.296. The van der Waals surface area contributed by atoms with Crippen LogP contribution in [-0.4, -0.2) is 39.3 Å². The van der Waals surface area contributed by atoms with E-state index in [1.165, 1.54) is 24.2 Å². The highest BCUT2D eigenvalue weighted by atomic mass is 16.4. The van der Waals surface area contributed by atoms with Crippen LogP contribution >= 0.6 is 0 Å². The first-order chi connectivity index (χ1) is 16.3. The summed E-state index contributed by atoms with van der Waals surface area (Å²) in [5, 5.41) is 11.8. The van der Waals surface area contributed by atoms with Gasteiger partial charge in [0.25, 0.3) is 5.91 Å². The van der Waals surface area contributed by atoms with Crippen LogP contribution in [0, 0.1) is 6.92 Å². The molecular weight excluding hydrogens is 430 g/mol. The van der Waals surface area contributed by atoms with Crippen molar-refractivity contribution in [1.82, 2.24) is 9.58 Å². The van der Waals surface area contributed by atoms with E-state index in [1.807, 2.05) is 43.1 Å². The van der Waals surface area contributed by atoms with Crippen molar-refractivity contribution in [3.8, 4) is 0 Å². The molecule has 0 atom stereocenters. The second kappa shape index (κ2) is 8.17. The first-order valence-electron chi connectivity index (χ1n) is 11.5. The highest BCUT2D eigenvalue weighted by Crippen LogP contribution is 2.38. The van der Waals surface area contributed by atoms with Crippen LogP contribution in [0.1, 0.15) is 68.6 Å². The zero-order valence-electron chi connectivity index (χ0n) is 19.5. The summed E-state index contributed by atoms with van der Waals surface area (Å²) in [6.07, 6.45) is 3.10. The number of carbonyl (C=O) groups is 2. The molecule has 1 aliphatic heterocycles. The number of aryl methyl sites for hydroxylation is 2. The summed E-state index contributed by atoms with van der Waals surface area (Å²) in [7, 11) is 0. The number of amides is 1. The third-order valence-electron chi connectivity index (χ3n) is 6.97. The molecule has 2 aliphatic rings. The molecule has 2 heterocycles. The number of aromatic carboxylic acids is 1. The molecule has 0 saturated heterocycles. The molecule has 1 N–H and O–H groups in total. The summed E-state index contributed by atoms with van der Waals surface area (Å²) in [5.74, 6) is -1.57. The largest absolute Gasteiger partial charge is 0.477 e. The maximum atomic E-state index is 13.5. The van der Waals surface area contributed by atoms with Crippen molar-refractivity contribution < 1.29 is 14.7 Å². The maximum absolute atomic E-state index is 13.5. The number of carboxylic acids is 1. The molecule has 0 fully saturated rings. The Morgan fingerprint density at radius 3 is 2.06 bits per heavy atom. The molecule has 7 nitrogen and oxygen atoms in total. The van der Waals surface area contributed by atoms with Crippen LogP contribution in [0.3, 0.4) is 0 Å². The molecule has 0 saturated carbocycles. The monoisotopic (exact) mass is 457 g/mol. The summed E-state index contributed by atoms with van der Waals surface area (Å²) < 4.78 is 1.62. The lowest BCUT2D eigenvalue weighted by Crippen LogP contribution is -2.58. The predicted molar refractivity (Wildman–Crippen MR) is 129 cm³/mol. The Morgan fingerprint density at radius 1 is 0.971 bits per heavy atom. The minimum atomic E-state index is -1.30. The van der Waals surface area contributed by atoms with Crippen LogP contribution in [0.5, 0.6) is 0 Å². The quantitative estimate of drug-likeness (QED) is 0.651. The van der Waals surface area contributed by atoms with Gasteiger partial charge in [-0.05, 0) is 55.9 Å². The van der Waals surface area contributed by atoms with E-state index in [0.29, 0.717) is 0 Å². The number of fused-ring (bicyclic) bond motifs is 3. The Hall–Kier alpha value is -3.87. The lowest BCUT2D eigenvalue weighted by Gasteiger charge is -2.46.